The molecule has 0 aromatic heterocycles. The van der Waals surface area contributed by atoms with Crippen LogP contribution in [0, 0.1) is 6.92 Å². The average Bonchev–Trinajstić information content (AvgIpc) is 1.89. The second-order valence-corrected chi connectivity index (χ2v) is 1.81. The van der Waals surface area contributed by atoms with E-state index in [2.05, 4.69) is 6.92 Å². The fraction of sp³-hybridized carbons (Fsp3) is 0.125. The van der Waals surface area contributed by atoms with E-state index in [-0.39, 0.29) is 51.4 Å². The number of para-hydroxylation sites is 1. The molecule has 0 spiro atoms. The van der Waals surface area contributed by atoms with Gasteiger partial charge in [0.1, 0.15) is 0 Å². The van der Waals surface area contributed by atoms with Gasteiger partial charge >= 0.3 is 51.4 Å². The molecule has 0 fully saturated rings. The molecule has 2 heteroatoms. The third-order valence-corrected chi connectivity index (χ3v) is 1.19. The first-order valence-electron chi connectivity index (χ1n) is 2.79. The molecule has 0 atom stereocenters. The zero-order valence-corrected chi connectivity index (χ0v) is 9.55. The molecular weight excluding hydrogens is 151 g/mol. The van der Waals surface area contributed by atoms with Crippen molar-refractivity contribution in [3.8, 4) is 5.75 Å². The molecule has 0 heterocycles. The molecule has 0 aliphatic carbocycles. The molecule has 0 bridgehead atoms. The van der Waals surface area contributed by atoms with E-state index >= 15 is 0 Å². The first-order chi connectivity index (χ1) is 4.34. The van der Waals surface area contributed by atoms with Crippen molar-refractivity contribution in [1.29, 1.82) is 0 Å². The van der Waals surface area contributed by atoms with Gasteiger partial charge in [-0.1, -0.05) is 12.1 Å². The smallest absolute Gasteiger partial charge is 0.554 e. The van der Waals surface area contributed by atoms with Crippen LogP contribution in [0.5, 0.6) is 5.75 Å². The first-order valence-corrected chi connectivity index (χ1v) is 2.79. The van der Waals surface area contributed by atoms with Gasteiger partial charge in [-0.05, 0) is 0 Å². The summed E-state index contributed by atoms with van der Waals surface area (Å²) < 4.78 is 4.98. The predicted octanol–water partition coefficient (Wildman–Crippen LogP) is -1.12. The maximum atomic E-state index is 4.98. The molecular formula is C8H9KO. The van der Waals surface area contributed by atoms with E-state index in [0.717, 1.165) is 11.3 Å². The van der Waals surface area contributed by atoms with Crippen LogP contribution in [-0.4, -0.2) is 7.11 Å². The van der Waals surface area contributed by atoms with E-state index in [4.69, 9.17) is 4.74 Å². The minimum Gasteiger partial charge on any atom is -0.554 e. The molecule has 0 saturated heterocycles. The third kappa shape index (κ3) is 2.64. The summed E-state index contributed by atoms with van der Waals surface area (Å²) in [4.78, 5) is 0. The Morgan fingerprint density at radius 1 is 1.30 bits per heavy atom. The van der Waals surface area contributed by atoms with E-state index in [1.807, 2.05) is 24.3 Å². The summed E-state index contributed by atoms with van der Waals surface area (Å²) in [6, 6.07) is 7.67. The van der Waals surface area contributed by atoms with Gasteiger partial charge in [-0.15, -0.1) is 6.07 Å². The van der Waals surface area contributed by atoms with E-state index in [1.165, 1.54) is 0 Å². The standard InChI is InChI=1S/C8H9O.K/c1-7-5-3-4-6-8(7)9-2;/h3-6H,1H2,2H3;/q-1;+1. The Hall–Kier alpha value is 0.526. The van der Waals surface area contributed by atoms with Crippen molar-refractivity contribution in [2.24, 2.45) is 0 Å². The molecule has 10 heavy (non-hydrogen) atoms. The number of hydrogen-bond donors (Lipinski definition) is 0. The summed E-state index contributed by atoms with van der Waals surface area (Å²) in [6.07, 6.45) is 0. The fourth-order valence-electron chi connectivity index (χ4n) is 0.703. The summed E-state index contributed by atoms with van der Waals surface area (Å²) in [5.74, 6) is 0.845. The quantitative estimate of drug-likeness (QED) is 0.373. The van der Waals surface area contributed by atoms with Crippen LogP contribution in [0.15, 0.2) is 24.3 Å². The van der Waals surface area contributed by atoms with Crippen LogP contribution in [0.3, 0.4) is 0 Å². The van der Waals surface area contributed by atoms with Crippen molar-refractivity contribution in [3.63, 3.8) is 0 Å². The predicted molar refractivity (Wildman–Crippen MR) is 37.5 cm³/mol. The maximum Gasteiger partial charge on any atom is 1.00 e. The Balaban J connectivity index is 0.000000810. The monoisotopic (exact) mass is 160 g/mol. The minimum atomic E-state index is 0. The molecule has 0 radical (unpaired) electrons. The van der Waals surface area contributed by atoms with Gasteiger partial charge in [0.05, 0.1) is 7.11 Å². The molecule has 1 nitrogen and oxygen atoms in total. The topological polar surface area (TPSA) is 9.23 Å². The third-order valence-electron chi connectivity index (χ3n) is 1.19. The molecule has 1 aromatic rings. The van der Waals surface area contributed by atoms with Crippen molar-refractivity contribution in [1.82, 2.24) is 0 Å². The van der Waals surface area contributed by atoms with Gasteiger partial charge in [0, 0.05) is 5.75 Å². The van der Waals surface area contributed by atoms with Gasteiger partial charge in [0.25, 0.3) is 0 Å². The van der Waals surface area contributed by atoms with Gasteiger partial charge in [-0.2, -0.15) is 18.6 Å². The van der Waals surface area contributed by atoms with Crippen LogP contribution >= 0.6 is 0 Å². The number of methoxy groups -OCH3 is 1. The Morgan fingerprint density at radius 2 is 1.90 bits per heavy atom. The zero-order chi connectivity index (χ0) is 6.69. The van der Waals surface area contributed by atoms with Crippen LogP contribution in [0.25, 0.3) is 0 Å². The fourth-order valence-corrected chi connectivity index (χ4v) is 0.703. The molecule has 0 unspecified atom stereocenters. The van der Waals surface area contributed by atoms with Gasteiger partial charge < -0.3 is 4.74 Å². The van der Waals surface area contributed by atoms with Crippen LogP contribution in [-0.2, 0) is 0 Å². The zero-order valence-electron chi connectivity index (χ0n) is 6.42. The second kappa shape index (κ2) is 5.21. The summed E-state index contributed by atoms with van der Waals surface area (Å²) in [5.41, 5.74) is 0.931. The summed E-state index contributed by atoms with van der Waals surface area (Å²) >= 11 is 0. The van der Waals surface area contributed by atoms with Gasteiger partial charge in [0.2, 0.25) is 0 Å². The normalized spacial score (nSPS) is 8.10. The van der Waals surface area contributed by atoms with Gasteiger partial charge in [0.15, 0.2) is 0 Å². The molecule has 0 saturated carbocycles. The SMILES string of the molecule is [CH2-]c1ccccc1OC.[K+]. The molecule has 48 valence electrons. The van der Waals surface area contributed by atoms with E-state index in [1.54, 1.807) is 7.11 Å². The second-order valence-electron chi connectivity index (χ2n) is 1.81. The number of hydrogen-bond acceptors (Lipinski definition) is 1. The van der Waals surface area contributed by atoms with Crippen molar-refractivity contribution in [3.05, 3.63) is 36.8 Å². The van der Waals surface area contributed by atoms with Crippen molar-refractivity contribution < 1.29 is 56.1 Å². The molecule has 1 rings (SSSR count). The van der Waals surface area contributed by atoms with Gasteiger partial charge in [-0.3, -0.25) is 0 Å². The van der Waals surface area contributed by atoms with Crippen LogP contribution in [0.4, 0.5) is 0 Å². The minimum absolute atomic E-state index is 0. The van der Waals surface area contributed by atoms with Gasteiger partial charge in [-0.25, -0.2) is 0 Å². The average molecular weight is 160 g/mol. The Bertz CT molecular complexity index is 198. The molecule has 0 N–H and O–H groups in total. The molecule has 0 aliphatic rings. The number of rotatable bonds is 1. The summed E-state index contributed by atoms with van der Waals surface area (Å²) in [5, 5.41) is 0. The Kier molecular flexibility index (Phi) is 5.49. The largest absolute Gasteiger partial charge is 1.00 e. The van der Waals surface area contributed by atoms with E-state index in [9.17, 15) is 0 Å². The number of ether oxygens (including phenoxy) is 1. The van der Waals surface area contributed by atoms with Crippen LogP contribution < -0.4 is 56.1 Å². The maximum absolute atomic E-state index is 4.98. The number of benzene rings is 1. The Labute approximate surface area is 104 Å². The summed E-state index contributed by atoms with van der Waals surface area (Å²) in [7, 11) is 1.64. The summed E-state index contributed by atoms with van der Waals surface area (Å²) in [6.45, 7) is 3.77. The van der Waals surface area contributed by atoms with Crippen LogP contribution in [0.2, 0.25) is 0 Å². The van der Waals surface area contributed by atoms with Crippen molar-refractivity contribution in [2.75, 3.05) is 7.11 Å². The molecule has 0 aliphatic heterocycles. The molecule has 1 aromatic carbocycles. The van der Waals surface area contributed by atoms with E-state index in [0.29, 0.717) is 0 Å². The Morgan fingerprint density at radius 3 is 2.30 bits per heavy atom. The van der Waals surface area contributed by atoms with Crippen LogP contribution in [0.1, 0.15) is 5.56 Å². The molecule has 0 amide bonds. The van der Waals surface area contributed by atoms with E-state index < -0.39 is 0 Å². The first kappa shape index (κ1) is 10.5. The van der Waals surface area contributed by atoms with Crippen molar-refractivity contribution in [2.45, 2.75) is 0 Å². The van der Waals surface area contributed by atoms with Crippen molar-refractivity contribution >= 4 is 0 Å².